The van der Waals surface area contributed by atoms with E-state index in [1.54, 1.807) is 6.20 Å². The second kappa shape index (κ2) is 9.98. The Morgan fingerprint density at radius 3 is 2.78 bits per heavy atom. The van der Waals surface area contributed by atoms with Crippen molar-refractivity contribution in [3.05, 3.63) is 24.2 Å². The van der Waals surface area contributed by atoms with Gasteiger partial charge in [0.15, 0.2) is 0 Å². The number of hydrogen-bond donors (Lipinski definition) is 1. The molecule has 3 fully saturated rings. The smallest absolute Gasteiger partial charge is 0.230 e. The molecule has 1 N–H and O–H groups in total. The Bertz CT molecular complexity index is 905. The van der Waals surface area contributed by atoms with E-state index in [0.29, 0.717) is 18.3 Å². The highest BCUT2D eigenvalue weighted by molar-refractivity contribution is 5.80. The van der Waals surface area contributed by atoms with Crippen LogP contribution in [0.5, 0.6) is 0 Å². The third-order valence-electron chi connectivity index (χ3n) is 7.19. The van der Waals surface area contributed by atoms with Gasteiger partial charge in [0.05, 0.1) is 11.5 Å². The molecule has 0 spiro atoms. The highest BCUT2D eigenvalue weighted by Gasteiger charge is 2.30. The van der Waals surface area contributed by atoms with Crippen molar-refractivity contribution in [2.45, 2.75) is 57.3 Å². The van der Waals surface area contributed by atoms with Crippen molar-refractivity contribution in [2.75, 3.05) is 44.2 Å². The molecule has 4 heterocycles. The van der Waals surface area contributed by atoms with Crippen molar-refractivity contribution in [3.8, 4) is 11.4 Å². The van der Waals surface area contributed by atoms with E-state index in [0.717, 1.165) is 75.7 Å². The summed E-state index contributed by atoms with van der Waals surface area (Å²) in [6, 6.07) is 3.91. The molecule has 1 aliphatic carbocycles. The Labute approximate surface area is 189 Å². The lowest BCUT2D eigenvalue weighted by atomic mass is 9.85. The highest BCUT2D eigenvalue weighted by Crippen LogP contribution is 2.37. The lowest BCUT2D eigenvalue weighted by Gasteiger charge is -2.34. The quantitative estimate of drug-likeness (QED) is 0.710. The molecule has 2 aromatic heterocycles. The SMILES string of the molecule is O=C(NCCN1CCCCC1)C1CCCN(c2ncccc2-c2noc(C3CCC3)n2)C1. The van der Waals surface area contributed by atoms with Crippen LogP contribution in [0.3, 0.4) is 0 Å². The minimum absolute atomic E-state index is 0.0178. The fraction of sp³-hybridized carbons (Fsp3) is 0.667. The van der Waals surface area contributed by atoms with Gasteiger partial charge < -0.3 is 19.6 Å². The molecule has 8 heteroatoms. The van der Waals surface area contributed by atoms with E-state index in [1.807, 2.05) is 12.1 Å². The molecule has 0 aromatic carbocycles. The van der Waals surface area contributed by atoms with Crippen LogP contribution >= 0.6 is 0 Å². The van der Waals surface area contributed by atoms with Gasteiger partial charge in [-0.25, -0.2) is 4.98 Å². The summed E-state index contributed by atoms with van der Waals surface area (Å²) in [5.74, 6) is 2.74. The molecule has 32 heavy (non-hydrogen) atoms. The molecule has 1 saturated carbocycles. The summed E-state index contributed by atoms with van der Waals surface area (Å²) >= 11 is 0. The van der Waals surface area contributed by atoms with Crippen molar-refractivity contribution in [3.63, 3.8) is 0 Å². The standard InChI is InChI=1S/C24H34N6O2/c31-23(26-12-16-29-13-2-1-3-14-29)19-9-6-15-30(17-19)22-20(10-5-11-25-22)21-27-24(32-28-21)18-7-4-8-18/h5,10-11,18-19H,1-4,6-9,12-17H2,(H,26,31). The van der Waals surface area contributed by atoms with Gasteiger partial charge in [-0.1, -0.05) is 18.0 Å². The first-order chi connectivity index (χ1) is 15.8. The Morgan fingerprint density at radius 1 is 1.09 bits per heavy atom. The summed E-state index contributed by atoms with van der Waals surface area (Å²) in [5.41, 5.74) is 0.882. The molecule has 2 aromatic rings. The predicted octanol–water partition coefficient (Wildman–Crippen LogP) is 3.22. The van der Waals surface area contributed by atoms with E-state index in [4.69, 9.17) is 4.52 Å². The van der Waals surface area contributed by atoms with Gasteiger partial charge >= 0.3 is 0 Å². The van der Waals surface area contributed by atoms with Crippen LogP contribution in [0.15, 0.2) is 22.9 Å². The Balaban J connectivity index is 1.21. The lowest BCUT2D eigenvalue weighted by Crippen LogP contribution is -2.45. The molecule has 3 aliphatic rings. The molecular weight excluding hydrogens is 404 g/mol. The number of hydrogen-bond acceptors (Lipinski definition) is 7. The third-order valence-corrected chi connectivity index (χ3v) is 7.19. The number of amides is 1. The molecule has 0 radical (unpaired) electrons. The number of piperidine rings is 2. The van der Waals surface area contributed by atoms with Gasteiger partial charge in [0.25, 0.3) is 0 Å². The molecule has 1 amide bonds. The van der Waals surface area contributed by atoms with Gasteiger partial charge in [-0.15, -0.1) is 0 Å². The fourth-order valence-electron chi connectivity index (χ4n) is 5.04. The topological polar surface area (TPSA) is 87.4 Å². The summed E-state index contributed by atoms with van der Waals surface area (Å²) < 4.78 is 5.54. The first-order valence-corrected chi connectivity index (χ1v) is 12.3. The number of carbonyl (C=O) groups excluding carboxylic acids is 1. The molecule has 0 bridgehead atoms. The lowest BCUT2D eigenvalue weighted by molar-refractivity contribution is -0.125. The van der Waals surface area contributed by atoms with Crippen LogP contribution in [0.25, 0.3) is 11.4 Å². The summed E-state index contributed by atoms with van der Waals surface area (Å²) in [6.45, 7) is 5.56. The van der Waals surface area contributed by atoms with Crippen molar-refractivity contribution in [2.24, 2.45) is 5.92 Å². The summed E-state index contributed by atoms with van der Waals surface area (Å²) in [6.07, 6.45) is 11.1. The third kappa shape index (κ3) is 4.80. The largest absolute Gasteiger partial charge is 0.355 e. The maximum absolute atomic E-state index is 12.9. The first kappa shape index (κ1) is 21.4. The van der Waals surface area contributed by atoms with Gasteiger partial charge in [-0.2, -0.15) is 4.98 Å². The van der Waals surface area contributed by atoms with Crippen molar-refractivity contribution >= 4 is 11.7 Å². The van der Waals surface area contributed by atoms with Crippen LogP contribution in [0.4, 0.5) is 5.82 Å². The number of nitrogens with one attached hydrogen (secondary N) is 1. The monoisotopic (exact) mass is 438 g/mol. The normalized spacial score (nSPS) is 22.5. The van der Waals surface area contributed by atoms with Gasteiger partial charge in [0.1, 0.15) is 5.82 Å². The second-order valence-corrected chi connectivity index (χ2v) is 9.44. The molecular formula is C24H34N6O2. The van der Waals surface area contributed by atoms with Gasteiger partial charge in [-0.3, -0.25) is 4.79 Å². The molecule has 172 valence electrons. The number of nitrogens with zero attached hydrogens (tertiary/aromatic N) is 5. The predicted molar refractivity (Wildman–Crippen MR) is 122 cm³/mol. The maximum Gasteiger partial charge on any atom is 0.230 e. The van der Waals surface area contributed by atoms with Crippen LogP contribution in [-0.4, -0.2) is 65.2 Å². The number of pyridine rings is 1. The molecule has 5 rings (SSSR count). The number of carbonyl (C=O) groups is 1. The van der Waals surface area contributed by atoms with Crippen LogP contribution in [0.2, 0.25) is 0 Å². The highest BCUT2D eigenvalue weighted by atomic mass is 16.5. The maximum atomic E-state index is 12.9. The second-order valence-electron chi connectivity index (χ2n) is 9.44. The van der Waals surface area contributed by atoms with Crippen molar-refractivity contribution < 1.29 is 9.32 Å². The number of rotatable bonds is 7. The van der Waals surface area contributed by atoms with E-state index in [1.165, 1.54) is 25.7 Å². The van der Waals surface area contributed by atoms with Gasteiger partial charge in [0.2, 0.25) is 17.6 Å². The minimum atomic E-state index is -0.0178. The number of aromatic nitrogens is 3. The van der Waals surface area contributed by atoms with Crippen molar-refractivity contribution in [1.82, 2.24) is 25.3 Å². The zero-order valence-corrected chi connectivity index (χ0v) is 18.8. The molecule has 2 saturated heterocycles. The van der Waals surface area contributed by atoms with Crippen LogP contribution in [-0.2, 0) is 4.79 Å². The molecule has 1 unspecified atom stereocenters. The summed E-state index contributed by atoms with van der Waals surface area (Å²) in [7, 11) is 0. The van der Waals surface area contributed by atoms with Gasteiger partial charge in [-0.05, 0) is 63.7 Å². The van der Waals surface area contributed by atoms with Crippen LogP contribution in [0, 0.1) is 5.92 Å². The Kier molecular flexibility index (Phi) is 6.67. The zero-order valence-electron chi connectivity index (χ0n) is 18.8. The van der Waals surface area contributed by atoms with E-state index in [2.05, 4.69) is 30.2 Å². The number of anilines is 1. The van der Waals surface area contributed by atoms with Crippen molar-refractivity contribution in [1.29, 1.82) is 0 Å². The zero-order chi connectivity index (χ0) is 21.8. The van der Waals surface area contributed by atoms with E-state index in [-0.39, 0.29) is 11.8 Å². The Morgan fingerprint density at radius 2 is 1.97 bits per heavy atom. The Hall–Kier alpha value is -2.48. The molecule has 8 nitrogen and oxygen atoms in total. The number of likely N-dealkylation sites (tertiary alicyclic amines) is 1. The summed E-state index contributed by atoms with van der Waals surface area (Å²) in [4.78, 5) is 26.9. The average molecular weight is 439 g/mol. The fourth-order valence-corrected chi connectivity index (χ4v) is 5.04. The van der Waals surface area contributed by atoms with E-state index >= 15 is 0 Å². The van der Waals surface area contributed by atoms with Gasteiger partial charge in [0, 0.05) is 38.3 Å². The molecule has 1 atom stereocenters. The van der Waals surface area contributed by atoms with Crippen LogP contribution in [0.1, 0.15) is 63.2 Å². The average Bonchev–Trinajstić information content (AvgIpc) is 3.28. The first-order valence-electron chi connectivity index (χ1n) is 12.3. The summed E-state index contributed by atoms with van der Waals surface area (Å²) in [5, 5.41) is 7.43. The van der Waals surface area contributed by atoms with Crippen LogP contribution < -0.4 is 10.2 Å². The minimum Gasteiger partial charge on any atom is -0.355 e. The molecule has 2 aliphatic heterocycles. The van der Waals surface area contributed by atoms with E-state index in [9.17, 15) is 4.79 Å². The van der Waals surface area contributed by atoms with E-state index < -0.39 is 0 Å².